The minimum Gasteiger partial charge on any atom is -0.384 e. The summed E-state index contributed by atoms with van der Waals surface area (Å²) in [5.41, 5.74) is 0.665. The first kappa shape index (κ1) is 10.5. The van der Waals surface area contributed by atoms with E-state index in [2.05, 4.69) is 10.3 Å². The minimum absolute atomic E-state index is 0.141. The molecule has 1 aromatic rings. The lowest BCUT2D eigenvalue weighted by Crippen LogP contribution is -2.46. The molecule has 4 heteroatoms. The summed E-state index contributed by atoms with van der Waals surface area (Å²) in [6, 6.07) is 5.51. The summed E-state index contributed by atoms with van der Waals surface area (Å²) in [5.74, 6) is 0. The van der Waals surface area contributed by atoms with E-state index in [0.29, 0.717) is 12.2 Å². The van der Waals surface area contributed by atoms with Crippen molar-refractivity contribution in [2.75, 3.05) is 13.1 Å². The number of morpholine rings is 1. The van der Waals surface area contributed by atoms with Gasteiger partial charge in [0.1, 0.15) is 12.2 Å². The molecule has 2 heterocycles. The average molecular weight is 208 g/mol. The third-order valence-electron chi connectivity index (χ3n) is 2.53. The van der Waals surface area contributed by atoms with Gasteiger partial charge in [0.15, 0.2) is 0 Å². The fraction of sp³-hybridized carbons (Fsp3) is 0.545. The van der Waals surface area contributed by atoms with Crippen molar-refractivity contribution >= 4 is 0 Å². The van der Waals surface area contributed by atoms with Crippen LogP contribution in [0.4, 0.5) is 0 Å². The van der Waals surface area contributed by atoms with Crippen LogP contribution in [0.1, 0.15) is 18.7 Å². The molecule has 0 aromatic carbocycles. The summed E-state index contributed by atoms with van der Waals surface area (Å²) in [6.07, 6.45) is 0.963. The molecule has 1 unspecified atom stereocenters. The van der Waals surface area contributed by atoms with Crippen LogP contribution in [0, 0.1) is 0 Å². The highest BCUT2D eigenvalue weighted by molar-refractivity contribution is 5.08. The third kappa shape index (κ3) is 2.53. The molecule has 2 rings (SSSR count). The van der Waals surface area contributed by atoms with Gasteiger partial charge < -0.3 is 15.2 Å². The second-order valence-corrected chi connectivity index (χ2v) is 3.84. The van der Waals surface area contributed by atoms with E-state index < -0.39 is 6.10 Å². The lowest BCUT2D eigenvalue weighted by Gasteiger charge is -2.31. The van der Waals surface area contributed by atoms with Crippen molar-refractivity contribution in [1.29, 1.82) is 0 Å². The van der Waals surface area contributed by atoms with Crippen LogP contribution >= 0.6 is 0 Å². The Morgan fingerprint density at radius 3 is 3.07 bits per heavy atom. The van der Waals surface area contributed by atoms with Gasteiger partial charge in [0, 0.05) is 19.3 Å². The van der Waals surface area contributed by atoms with Gasteiger partial charge in [0.2, 0.25) is 0 Å². The molecule has 1 aliphatic rings. The van der Waals surface area contributed by atoms with Gasteiger partial charge in [-0.05, 0) is 19.1 Å². The fourth-order valence-electron chi connectivity index (χ4n) is 1.75. The highest BCUT2D eigenvalue weighted by atomic mass is 16.5. The maximum absolute atomic E-state index is 10.0. The Morgan fingerprint density at radius 2 is 2.40 bits per heavy atom. The summed E-state index contributed by atoms with van der Waals surface area (Å²) in [5, 5.41) is 13.3. The molecule has 15 heavy (non-hydrogen) atoms. The van der Waals surface area contributed by atoms with Crippen molar-refractivity contribution in [2.45, 2.75) is 25.2 Å². The van der Waals surface area contributed by atoms with Crippen LogP contribution in [0.5, 0.6) is 0 Å². The normalized spacial score (nSPS) is 28.7. The number of nitrogens with one attached hydrogen (secondary N) is 1. The molecule has 0 spiro atoms. The summed E-state index contributed by atoms with van der Waals surface area (Å²) in [7, 11) is 0. The largest absolute Gasteiger partial charge is 0.384 e. The van der Waals surface area contributed by atoms with E-state index in [-0.39, 0.29) is 12.2 Å². The molecule has 0 radical (unpaired) electrons. The topological polar surface area (TPSA) is 54.4 Å². The van der Waals surface area contributed by atoms with E-state index in [0.717, 1.165) is 6.54 Å². The lowest BCUT2D eigenvalue weighted by molar-refractivity contribution is -0.0907. The summed E-state index contributed by atoms with van der Waals surface area (Å²) >= 11 is 0. The fourth-order valence-corrected chi connectivity index (χ4v) is 1.75. The molecular weight excluding hydrogens is 192 g/mol. The van der Waals surface area contributed by atoms with Crippen molar-refractivity contribution in [2.24, 2.45) is 0 Å². The van der Waals surface area contributed by atoms with Gasteiger partial charge in [0.25, 0.3) is 0 Å². The number of rotatable bonds is 2. The smallest absolute Gasteiger partial charge is 0.123 e. The Balaban J connectivity index is 2.04. The van der Waals surface area contributed by atoms with Crippen LogP contribution in [0.2, 0.25) is 0 Å². The van der Waals surface area contributed by atoms with Gasteiger partial charge in [-0.15, -0.1) is 0 Å². The van der Waals surface area contributed by atoms with Crippen LogP contribution in [-0.2, 0) is 4.74 Å². The standard InChI is InChI=1S/C11H16N2O2/c1-8-6-12-7-10(15-8)11(14)9-4-2-3-5-13-9/h2-5,8,10-12,14H,6-7H2,1H3/t8-,10+,11?/m0/s1. The van der Waals surface area contributed by atoms with E-state index in [1.807, 2.05) is 25.1 Å². The van der Waals surface area contributed by atoms with Crippen LogP contribution < -0.4 is 5.32 Å². The van der Waals surface area contributed by atoms with E-state index in [1.165, 1.54) is 0 Å². The average Bonchev–Trinajstić information content (AvgIpc) is 2.29. The predicted molar refractivity (Wildman–Crippen MR) is 56.4 cm³/mol. The highest BCUT2D eigenvalue weighted by Crippen LogP contribution is 2.19. The first-order chi connectivity index (χ1) is 7.27. The Bertz CT molecular complexity index is 305. The number of nitrogens with zero attached hydrogens (tertiary/aromatic N) is 1. The van der Waals surface area contributed by atoms with Crippen LogP contribution in [0.15, 0.2) is 24.4 Å². The number of ether oxygens (including phenoxy) is 1. The second kappa shape index (κ2) is 4.70. The number of hydrogen-bond acceptors (Lipinski definition) is 4. The van der Waals surface area contributed by atoms with Crippen molar-refractivity contribution in [3.63, 3.8) is 0 Å². The molecule has 1 aromatic heterocycles. The molecule has 2 N–H and O–H groups in total. The van der Waals surface area contributed by atoms with Gasteiger partial charge in [-0.2, -0.15) is 0 Å². The third-order valence-corrected chi connectivity index (χ3v) is 2.53. The number of aliphatic hydroxyl groups is 1. The van der Waals surface area contributed by atoms with Crippen LogP contribution in [-0.4, -0.2) is 35.4 Å². The molecule has 0 bridgehead atoms. The summed E-state index contributed by atoms with van der Waals surface area (Å²) in [6.45, 7) is 3.50. The Morgan fingerprint density at radius 1 is 1.53 bits per heavy atom. The zero-order valence-electron chi connectivity index (χ0n) is 8.76. The Hall–Kier alpha value is -0.970. The van der Waals surface area contributed by atoms with Gasteiger partial charge in [-0.25, -0.2) is 0 Å². The number of hydrogen-bond donors (Lipinski definition) is 2. The summed E-state index contributed by atoms with van der Waals surface area (Å²) < 4.78 is 5.65. The minimum atomic E-state index is -0.651. The second-order valence-electron chi connectivity index (χ2n) is 3.84. The molecule has 4 nitrogen and oxygen atoms in total. The first-order valence-corrected chi connectivity index (χ1v) is 5.22. The van der Waals surface area contributed by atoms with Gasteiger partial charge in [-0.1, -0.05) is 6.07 Å². The quantitative estimate of drug-likeness (QED) is 0.742. The van der Waals surface area contributed by atoms with Crippen LogP contribution in [0.25, 0.3) is 0 Å². The molecule has 0 aliphatic carbocycles. The number of pyridine rings is 1. The summed E-state index contributed by atoms with van der Waals surface area (Å²) in [4.78, 5) is 4.12. The molecular formula is C11H16N2O2. The molecule has 1 aliphatic heterocycles. The Kier molecular flexibility index (Phi) is 3.30. The van der Waals surface area contributed by atoms with Crippen molar-refractivity contribution in [1.82, 2.24) is 10.3 Å². The molecule has 1 saturated heterocycles. The zero-order valence-corrected chi connectivity index (χ0v) is 8.76. The van der Waals surface area contributed by atoms with Crippen molar-refractivity contribution in [3.8, 4) is 0 Å². The van der Waals surface area contributed by atoms with E-state index in [9.17, 15) is 5.11 Å². The van der Waals surface area contributed by atoms with Crippen LogP contribution in [0.3, 0.4) is 0 Å². The lowest BCUT2D eigenvalue weighted by atomic mass is 10.1. The molecule has 82 valence electrons. The van der Waals surface area contributed by atoms with E-state index in [1.54, 1.807) is 6.20 Å². The maximum Gasteiger partial charge on any atom is 0.123 e. The van der Waals surface area contributed by atoms with Gasteiger partial charge in [0.05, 0.1) is 11.8 Å². The van der Waals surface area contributed by atoms with Crippen molar-refractivity contribution < 1.29 is 9.84 Å². The Labute approximate surface area is 89.3 Å². The van der Waals surface area contributed by atoms with E-state index in [4.69, 9.17) is 4.74 Å². The van der Waals surface area contributed by atoms with Gasteiger partial charge in [-0.3, -0.25) is 4.98 Å². The maximum atomic E-state index is 10.0. The molecule has 3 atom stereocenters. The molecule has 0 amide bonds. The zero-order chi connectivity index (χ0) is 10.7. The molecule has 1 fully saturated rings. The van der Waals surface area contributed by atoms with Gasteiger partial charge >= 0.3 is 0 Å². The first-order valence-electron chi connectivity index (χ1n) is 5.22. The van der Waals surface area contributed by atoms with E-state index >= 15 is 0 Å². The monoisotopic (exact) mass is 208 g/mol. The SMILES string of the molecule is C[C@H]1CNC[C@H](C(O)c2ccccn2)O1. The highest BCUT2D eigenvalue weighted by Gasteiger charge is 2.27. The van der Waals surface area contributed by atoms with Crippen molar-refractivity contribution in [3.05, 3.63) is 30.1 Å². The number of aliphatic hydroxyl groups excluding tert-OH is 1. The predicted octanol–water partition coefficient (Wildman–Crippen LogP) is 0.492. The molecule has 0 saturated carbocycles. The number of aromatic nitrogens is 1.